The van der Waals surface area contributed by atoms with Crippen molar-refractivity contribution in [3.63, 3.8) is 0 Å². The maximum atomic E-state index is 13.1. The van der Waals surface area contributed by atoms with Crippen LogP contribution in [0.25, 0.3) is 0 Å². The number of aliphatic hydroxyl groups is 1. The Morgan fingerprint density at radius 1 is 0.293 bits per heavy atom. The molecule has 3 N–H and O–H groups in total. The molecule has 0 aliphatic heterocycles. The molecule has 0 aromatic heterocycles. The maximum Gasteiger partial charge on any atom is 0.472 e. The summed E-state index contributed by atoms with van der Waals surface area (Å²) in [6.45, 7) is 9.66. The van der Waals surface area contributed by atoms with Gasteiger partial charge in [-0.05, 0) is 37.5 Å². The van der Waals surface area contributed by atoms with Crippen molar-refractivity contribution < 1.29 is 80.2 Å². The molecule has 0 aliphatic rings. The number of phosphoric ester groups is 2. The number of rotatable bonds is 79. The molecule has 6 atom stereocenters. The highest BCUT2D eigenvalue weighted by atomic mass is 31.2. The van der Waals surface area contributed by atoms with Crippen molar-refractivity contribution in [1.82, 2.24) is 0 Å². The van der Waals surface area contributed by atoms with Gasteiger partial charge in [-0.1, -0.05) is 369 Å². The fourth-order valence-electron chi connectivity index (χ4n) is 12.3. The predicted molar refractivity (Wildman–Crippen MR) is 405 cm³/mol. The topological polar surface area (TPSA) is 237 Å². The summed E-state index contributed by atoms with van der Waals surface area (Å²) >= 11 is 0. The molecule has 0 spiro atoms. The molecular formula is C80H156O17P2. The number of esters is 4. The SMILES string of the molecule is CCCCCCCCCCCCCCCC(=O)OC[C@H](COP(=O)(O)OC[C@@H](O)COP(=O)(O)OC[C@@H](COC(=O)CCCCCCCCCCC(C)C)OC(=O)CCCCCCCCCCCCCCC)OC(=O)CCCCCCCCCCCCCCCCCCCCC(C)CC. The van der Waals surface area contributed by atoms with Crippen molar-refractivity contribution in [2.45, 2.75) is 439 Å². The van der Waals surface area contributed by atoms with Crippen molar-refractivity contribution in [2.24, 2.45) is 11.8 Å². The zero-order valence-electron chi connectivity index (χ0n) is 64.8. The van der Waals surface area contributed by atoms with E-state index in [-0.39, 0.29) is 25.7 Å². The molecule has 0 aromatic rings. The van der Waals surface area contributed by atoms with E-state index in [0.29, 0.717) is 25.7 Å². The average molecular weight is 1450 g/mol. The van der Waals surface area contributed by atoms with Gasteiger partial charge in [-0.2, -0.15) is 0 Å². The summed E-state index contributed by atoms with van der Waals surface area (Å²) in [6, 6.07) is 0. The minimum atomic E-state index is -4.96. The third-order valence-corrected chi connectivity index (χ3v) is 21.0. The second kappa shape index (κ2) is 71.7. The van der Waals surface area contributed by atoms with Gasteiger partial charge >= 0.3 is 39.5 Å². The van der Waals surface area contributed by atoms with E-state index in [1.807, 2.05) is 0 Å². The lowest BCUT2D eigenvalue weighted by Crippen LogP contribution is -2.30. The minimum Gasteiger partial charge on any atom is -0.462 e. The lowest BCUT2D eigenvalue weighted by molar-refractivity contribution is -0.161. The van der Waals surface area contributed by atoms with E-state index >= 15 is 0 Å². The smallest absolute Gasteiger partial charge is 0.462 e. The summed E-state index contributed by atoms with van der Waals surface area (Å²) in [5.74, 6) is -0.511. The van der Waals surface area contributed by atoms with E-state index in [1.54, 1.807) is 0 Å². The van der Waals surface area contributed by atoms with Crippen LogP contribution >= 0.6 is 15.6 Å². The standard InChI is InChI=1S/C80H156O17P2/c1-7-10-12-14-16-18-20-28-33-37-44-50-56-62-77(82)90-68-75(96-80(85)65-59-53-47-39-35-31-27-25-23-22-24-26-30-32-36-43-49-55-61-73(6)9-3)70-94-98(86,87)92-66-74(81)67-93-99(88,89)95-71-76(69-91-78(83)63-57-51-45-41-40-42-48-54-60-72(4)5)97-79(84)64-58-52-46-38-34-29-21-19-17-15-13-11-8-2/h72-76,81H,7-71H2,1-6H3,(H,86,87)(H,88,89)/t73?,74-,75-,76-/m1/s1. The molecule has 0 saturated heterocycles. The molecule has 0 saturated carbocycles. The van der Waals surface area contributed by atoms with Crippen LogP contribution in [-0.2, 0) is 65.4 Å². The van der Waals surface area contributed by atoms with Crippen LogP contribution in [0.5, 0.6) is 0 Å². The first kappa shape index (κ1) is 97.1. The molecule has 17 nitrogen and oxygen atoms in total. The first-order valence-electron chi connectivity index (χ1n) is 41.5. The summed E-state index contributed by atoms with van der Waals surface area (Å²) in [7, 11) is -9.92. The number of aliphatic hydroxyl groups excluding tert-OH is 1. The van der Waals surface area contributed by atoms with Crippen molar-refractivity contribution in [1.29, 1.82) is 0 Å². The molecule has 0 rings (SSSR count). The number of unbranched alkanes of at least 4 members (excludes halogenated alkanes) is 48. The second-order valence-corrected chi connectivity index (χ2v) is 32.4. The summed E-state index contributed by atoms with van der Waals surface area (Å²) in [5, 5.41) is 10.6. The molecule has 99 heavy (non-hydrogen) atoms. The fourth-order valence-corrected chi connectivity index (χ4v) is 13.9. The Balaban J connectivity index is 5.20. The number of phosphoric acid groups is 2. The molecule has 19 heteroatoms. The lowest BCUT2D eigenvalue weighted by Gasteiger charge is -2.21. The first-order chi connectivity index (χ1) is 47.9. The predicted octanol–water partition coefficient (Wildman–Crippen LogP) is 23.9. The summed E-state index contributed by atoms with van der Waals surface area (Å²) < 4.78 is 68.7. The van der Waals surface area contributed by atoms with Crippen LogP contribution in [-0.4, -0.2) is 96.7 Å². The van der Waals surface area contributed by atoms with Gasteiger partial charge in [-0.3, -0.25) is 37.3 Å². The number of ether oxygens (including phenoxy) is 4. The highest BCUT2D eigenvalue weighted by molar-refractivity contribution is 7.47. The van der Waals surface area contributed by atoms with Crippen molar-refractivity contribution in [2.75, 3.05) is 39.6 Å². The average Bonchev–Trinajstić information content (AvgIpc) is 1.01. The fraction of sp³-hybridized carbons (Fsp3) is 0.950. The molecule has 0 heterocycles. The monoisotopic (exact) mass is 1450 g/mol. The van der Waals surface area contributed by atoms with E-state index < -0.39 is 97.5 Å². The van der Waals surface area contributed by atoms with E-state index in [1.165, 1.54) is 238 Å². The normalized spacial score (nSPS) is 14.2. The van der Waals surface area contributed by atoms with Crippen molar-refractivity contribution in [3.05, 3.63) is 0 Å². The third-order valence-electron chi connectivity index (χ3n) is 19.1. The van der Waals surface area contributed by atoms with Gasteiger partial charge in [0.2, 0.25) is 0 Å². The van der Waals surface area contributed by atoms with Crippen LogP contribution < -0.4 is 0 Å². The summed E-state index contributed by atoms with van der Waals surface area (Å²) in [6.07, 6.45) is 61.0. The molecule has 588 valence electrons. The Bertz CT molecular complexity index is 1910. The highest BCUT2D eigenvalue weighted by Gasteiger charge is 2.30. The largest absolute Gasteiger partial charge is 0.472 e. The van der Waals surface area contributed by atoms with Crippen LogP contribution in [0, 0.1) is 11.8 Å². The molecular weight excluding hydrogens is 1290 g/mol. The second-order valence-electron chi connectivity index (χ2n) is 29.5. The molecule has 0 aromatic carbocycles. The van der Waals surface area contributed by atoms with Gasteiger partial charge in [0.15, 0.2) is 12.2 Å². The van der Waals surface area contributed by atoms with E-state index in [9.17, 15) is 43.2 Å². The van der Waals surface area contributed by atoms with Crippen LogP contribution in [0.4, 0.5) is 0 Å². The van der Waals surface area contributed by atoms with Crippen LogP contribution in [0.3, 0.4) is 0 Å². The summed E-state index contributed by atoms with van der Waals surface area (Å²) in [5.41, 5.74) is 0. The molecule has 0 fully saturated rings. The maximum absolute atomic E-state index is 13.1. The number of hydrogen-bond donors (Lipinski definition) is 3. The highest BCUT2D eigenvalue weighted by Crippen LogP contribution is 2.45. The Morgan fingerprint density at radius 3 is 0.768 bits per heavy atom. The quantitative estimate of drug-likeness (QED) is 0.0222. The van der Waals surface area contributed by atoms with Crippen molar-refractivity contribution in [3.8, 4) is 0 Å². The molecule has 0 aliphatic carbocycles. The van der Waals surface area contributed by atoms with Crippen LogP contribution in [0.15, 0.2) is 0 Å². The zero-order chi connectivity index (χ0) is 72.8. The van der Waals surface area contributed by atoms with Gasteiger partial charge in [0, 0.05) is 25.7 Å². The minimum absolute atomic E-state index is 0.107. The van der Waals surface area contributed by atoms with Crippen molar-refractivity contribution >= 4 is 39.5 Å². The third kappa shape index (κ3) is 72.8. The van der Waals surface area contributed by atoms with Gasteiger partial charge < -0.3 is 33.8 Å². The Morgan fingerprint density at radius 2 is 0.515 bits per heavy atom. The number of carbonyl (C=O) groups excluding carboxylic acids is 4. The lowest BCUT2D eigenvalue weighted by atomic mass is 9.99. The van der Waals surface area contributed by atoms with Gasteiger partial charge in [0.1, 0.15) is 19.3 Å². The van der Waals surface area contributed by atoms with E-state index in [0.717, 1.165) is 102 Å². The first-order valence-corrected chi connectivity index (χ1v) is 44.5. The van der Waals surface area contributed by atoms with Crippen LogP contribution in [0.2, 0.25) is 0 Å². The Hall–Kier alpha value is -1.94. The molecule has 0 bridgehead atoms. The molecule has 0 radical (unpaired) electrons. The van der Waals surface area contributed by atoms with Gasteiger partial charge in [-0.15, -0.1) is 0 Å². The number of hydrogen-bond acceptors (Lipinski definition) is 15. The Kier molecular flexibility index (Phi) is 70.3. The zero-order valence-corrected chi connectivity index (χ0v) is 66.6. The summed E-state index contributed by atoms with van der Waals surface area (Å²) in [4.78, 5) is 72.9. The molecule has 3 unspecified atom stereocenters. The Labute approximate surface area is 607 Å². The molecule has 0 amide bonds. The van der Waals surface area contributed by atoms with E-state index in [2.05, 4.69) is 41.5 Å². The van der Waals surface area contributed by atoms with Crippen LogP contribution in [0.1, 0.15) is 420 Å². The van der Waals surface area contributed by atoms with E-state index in [4.69, 9.17) is 37.0 Å². The van der Waals surface area contributed by atoms with Gasteiger partial charge in [-0.25, -0.2) is 9.13 Å². The number of carbonyl (C=O) groups is 4. The van der Waals surface area contributed by atoms with Gasteiger partial charge in [0.05, 0.1) is 26.4 Å². The van der Waals surface area contributed by atoms with Gasteiger partial charge in [0.25, 0.3) is 0 Å².